The maximum absolute atomic E-state index is 5.87. The summed E-state index contributed by atoms with van der Waals surface area (Å²) in [6, 6.07) is 16.7. The van der Waals surface area contributed by atoms with E-state index in [1.807, 2.05) is 12.1 Å². The average Bonchev–Trinajstić information content (AvgIpc) is 2.55. The average molecular weight is 222 g/mol. The second kappa shape index (κ2) is 4.10. The molecule has 0 saturated carbocycles. The summed E-state index contributed by atoms with van der Waals surface area (Å²) in [7, 11) is 0. The van der Waals surface area contributed by atoms with Gasteiger partial charge in [-0.25, -0.2) is 0 Å². The molecular formula is C16H14O. The molecule has 0 N–H and O–H groups in total. The minimum Gasteiger partial charge on any atom is -0.488 e. The number of rotatable bonds is 0. The molecule has 0 aromatic heterocycles. The normalized spacial score (nSPS) is 15.7. The first kappa shape index (κ1) is 10.2. The van der Waals surface area contributed by atoms with Gasteiger partial charge in [-0.15, -0.1) is 0 Å². The van der Waals surface area contributed by atoms with E-state index in [4.69, 9.17) is 4.74 Å². The maximum Gasteiger partial charge on any atom is 0.127 e. The lowest BCUT2D eigenvalue weighted by Crippen LogP contribution is -1.94. The van der Waals surface area contributed by atoms with Gasteiger partial charge in [-0.2, -0.15) is 0 Å². The highest BCUT2D eigenvalue weighted by atomic mass is 16.5. The molecule has 0 atom stereocenters. The van der Waals surface area contributed by atoms with Crippen LogP contribution in [0.3, 0.4) is 0 Å². The molecule has 2 aromatic carbocycles. The van der Waals surface area contributed by atoms with Crippen molar-refractivity contribution in [1.82, 2.24) is 0 Å². The van der Waals surface area contributed by atoms with Gasteiger partial charge in [-0.3, -0.25) is 0 Å². The maximum atomic E-state index is 5.87. The number of hydrogen-bond donors (Lipinski definition) is 0. The van der Waals surface area contributed by atoms with Crippen molar-refractivity contribution < 1.29 is 4.74 Å². The van der Waals surface area contributed by atoms with Crippen LogP contribution in [0.4, 0.5) is 0 Å². The van der Waals surface area contributed by atoms with E-state index < -0.39 is 0 Å². The van der Waals surface area contributed by atoms with Crippen molar-refractivity contribution in [2.75, 3.05) is 0 Å². The summed E-state index contributed by atoms with van der Waals surface area (Å²) < 4.78 is 5.87. The predicted molar refractivity (Wildman–Crippen MR) is 70.0 cm³/mol. The van der Waals surface area contributed by atoms with Crippen LogP contribution < -0.4 is 4.74 Å². The monoisotopic (exact) mass is 222 g/mol. The lowest BCUT2D eigenvalue weighted by atomic mass is 9.94. The second-order valence-corrected chi connectivity index (χ2v) is 4.14. The van der Waals surface area contributed by atoms with Crippen LogP contribution in [-0.2, 0) is 6.61 Å². The minimum absolute atomic E-state index is 0.643. The number of ether oxygens (including phenoxy) is 1. The van der Waals surface area contributed by atoms with Crippen LogP contribution in [-0.4, -0.2) is 0 Å². The zero-order valence-electron chi connectivity index (χ0n) is 9.81. The number of hydrogen-bond acceptors (Lipinski definition) is 1. The molecule has 3 rings (SSSR count). The molecular weight excluding hydrogens is 208 g/mol. The van der Waals surface area contributed by atoms with Crippen LogP contribution >= 0.6 is 0 Å². The van der Waals surface area contributed by atoms with E-state index in [0.717, 1.165) is 5.75 Å². The first-order valence-corrected chi connectivity index (χ1v) is 5.87. The fourth-order valence-corrected chi connectivity index (χ4v) is 2.34. The third kappa shape index (κ3) is 1.64. The SMILES string of the molecule is C/C=C1\c2ccccc2COc2ccccc21. The second-order valence-electron chi connectivity index (χ2n) is 4.14. The highest BCUT2D eigenvalue weighted by Gasteiger charge is 2.17. The van der Waals surface area contributed by atoms with Crippen molar-refractivity contribution in [2.24, 2.45) is 0 Å². The molecule has 0 fully saturated rings. The van der Waals surface area contributed by atoms with Crippen LogP contribution in [0, 0.1) is 0 Å². The highest BCUT2D eigenvalue weighted by Crippen LogP contribution is 2.36. The minimum atomic E-state index is 0.643. The molecule has 0 bridgehead atoms. The topological polar surface area (TPSA) is 9.23 Å². The third-order valence-corrected chi connectivity index (χ3v) is 3.16. The summed E-state index contributed by atoms with van der Waals surface area (Å²) in [5, 5.41) is 0. The molecule has 0 aliphatic carbocycles. The van der Waals surface area contributed by atoms with E-state index in [2.05, 4.69) is 49.4 Å². The van der Waals surface area contributed by atoms with Crippen LogP contribution in [0.5, 0.6) is 5.75 Å². The molecule has 0 unspecified atom stereocenters. The number of fused-ring (bicyclic) bond motifs is 2. The predicted octanol–water partition coefficient (Wildman–Crippen LogP) is 4.03. The van der Waals surface area contributed by atoms with Gasteiger partial charge in [-0.05, 0) is 29.7 Å². The lowest BCUT2D eigenvalue weighted by Gasteiger charge is -2.08. The Hall–Kier alpha value is -2.02. The van der Waals surface area contributed by atoms with E-state index in [1.165, 1.54) is 22.3 Å². The largest absolute Gasteiger partial charge is 0.488 e. The first-order chi connectivity index (χ1) is 8.40. The van der Waals surface area contributed by atoms with Crippen LogP contribution in [0.25, 0.3) is 5.57 Å². The Morgan fingerprint density at radius 3 is 2.47 bits per heavy atom. The first-order valence-electron chi connectivity index (χ1n) is 5.87. The Balaban J connectivity index is 2.27. The van der Waals surface area contributed by atoms with Gasteiger partial charge in [0.25, 0.3) is 0 Å². The van der Waals surface area contributed by atoms with Gasteiger partial charge in [0, 0.05) is 5.56 Å². The van der Waals surface area contributed by atoms with Crippen LogP contribution in [0.15, 0.2) is 54.6 Å². The summed E-state index contributed by atoms with van der Waals surface area (Å²) >= 11 is 0. The molecule has 0 saturated heterocycles. The summed E-state index contributed by atoms with van der Waals surface area (Å²) in [6.07, 6.45) is 2.16. The van der Waals surface area contributed by atoms with Crippen LogP contribution in [0.1, 0.15) is 23.6 Å². The molecule has 1 nitrogen and oxygen atoms in total. The molecule has 1 heterocycles. The molecule has 0 spiro atoms. The smallest absolute Gasteiger partial charge is 0.127 e. The van der Waals surface area contributed by atoms with Gasteiger partial charge in [0.2, 0.25) is 0 Å². The van der Waals surface area contributed by atoms with Crippen molar-refractivity contribution in [2.45, 2.75) is 13.5 Å². The van der Waals surface area contributed by atoms with Gasteiger partial charge in [0.15, 0.2) is 0 Å². The molecule has 0 amide bonds. The zero-order chi connectivity index (χ0) is 11.7. The van der Waals surface area contributed by atoms with Gasteiger partial charge in [0.1, 0.15) is 12.4 Å². The molecule has 1 heteroatoms. The zero-order valence-corrected chi connectivity index (χ0v) is 9.81. The van der Waals surface area contributed by atoms with Gasteiger partial charge >= 0.3 is 0 Å². The van der Waals surface area contributed by atoms with Crippen molar-refractivity contribution >= 4 is 5.57 Å². The number of para-hydroxylation sites is 1. The van der Waals surface area contributed by atoms with E-state index in [0.29, 0.717) is 6.61 Å². The third-order valence-electron chi connectivity index (χ3n) is 3.16. The molecule has 84 valence electrons. The van der Waals surface area contributed by atoms with Gasteiger partial charge < -0.3 is 4.74 Å². The number of benzene rings is 2. The fraction of sp³-hybridized carbons (Fsp3) is 0.125. The van der Waals surface area contributed by atoms with Crippen molar-refractivity contribution in [1.29, 1.82) is 0 Å². The van der Waals surface area contributed by atoms with Crippen molar-refractivity contribution in [3.63, 3.8) is 0 Å². The van der Waals surface area contributed by atoms with Crippen molar-refractivity contribution in [3.05, 3.63) is 71.3 Å². The Morgan fingerprint density at radius 2 is 1.65 bits per heavy atom. The Kier molecular flexibility index (Phi) is 2.45. The number of allylic oxidation sites excluding steroid dienone is 1. The van der Waals surface area contributed by atoms with E-state index in [-0.39, 0.29) is 0 Å². The van der Waals surface area contributed by atoms with Crippen LogP contribution in [0.2, 0.25) is 0 Å². The lowest BCUT2D eigenvalue weighted by molar-refractivity contribution is 0.307. The fourth-order valence-electron chi connectivity index (χ4n) is 2.34. The standard InChI is InChI=1S/C16H14O/c1-2-13-14-8-4-3-7-12(14)11-17-16-10-6-5-9-15(13)16/h2-10H,11H2,1H3/b13-2+. The highest BCUT2D eigenvalue weighted by molar-refractivity contribution is 5.84. The molecule has 2 aromatic rings. The Morgan fingerprint density at radius 1 is 0.941 bits per heavy atom. The Labute approximate surface area is 101 Å². The van der Waals surface area contributed by atoms with Gasteiger partial charge in [0.05, 0.1) is 0 Å². The summed E-state index contributed by atoms with van der Waals surface area (Å²) in [6.45, 7) is 2.72. The summed E-state index contributed by atoms with van der Waals surface area (Å²) in [5.74, 6) is 0.969. The van der Waals surface area contributed by atoms with E-state index in [1.54, 1.807) is 0 Å². The quantitative estimate of drug-likeness (QED) is 0.654. The summed E-state index contributed by atoms with van der Waals surface area (Å²) in [4.78, 5) is 0. The molecule has 1 aliphatic rings. The molecule has 1 aliphatic heterocycles. The molecule has 0 radical (unpaired) electrons. The van der Waals surface area contributed by atoms with Gasteiger partial charge in [-0.1, -0.05) is 48.5 Å². The molecule has 17 heavy (non-hydrogen) atoms. The Bertz CT molecular complexity index is 532. The van der Waals surface area contributed by atoms with Crippen molar-refractivity contribution in [3.8, 4) is 5.75 Å². The summed E-state index contributed by atoms with van der Waals surface area (Å²) in [5.41, 5.74) is 4.96. The van der Waals surface area contributed by atoms with E-state index in [9.17, 15) is 0 Å². The van der Waals surface area contributed by atoms with E-state index >= 15 is 0 Å².